The van der Waals surface area contributed by atoms with Crippen LogP contribution >= 0.6 is 0 Å². The van der Waals surface area contributed by atoms with E-state index in [1.165, 1.54) is 12.1 Å². The average molecular weight is 452 g/mol. The highest BCUT2D eigenvalue weighted by Crippen LogP contribution is 2.26. The Morgan fingerprint density at radius 2 is 1.69 bits per heavy atom. The van der Waals surface area contributed by atoms with Gasteiger partial charge in [0.25, 0.3) is 5.69 Å². The summed E-state index contributed by atoms with van der Waals surface area (Å²) < 4.78 is 18.2. The number of anilines is 1. The first-order valence-electron chi connectivity index (χ1n) is 9.71. The van der Waals surface area contributed by atoms with E-state index < -0.39 is 21.4 Å². The molecule has 1 heterocycles. The number of aliphatic hydroxyl groups excluding tert-OH is 2. The number of benzene rings is 2. The first-order chi connectivity index (χ1) is 15.2. The van der Waals surface area contributed by atoms with Crippen LogP contribution in [0.15, 0.2) is 36.4 Å². The van der Waals surface area contributed by atoms with Gasteiger partial charge in [0.05, 0.1) is 35.8 Å². The lowest BCUT2D eigenvalue weighted by atomic mass is 10.1. The summed E-state index contributed by atoms with van der Waals surface area (Å²) in [6.07, 6.45) is 0.0193. The number of hydrogen-bond acceptors (Lipinski definition) is 9. The summed E-state index contributed by atoms with van der Waals surface area (Å²) in [5.74, 6) is -0.891. The highest BCUT2D eigenvalue weighted by atomic mass is 19.1. The van der Waals surface area contributed by atoms with Crippen LogP contribution in [0.3, 0.4) is 0 Å². The molecule has 1 unspecified atom stereocenters. The second-order valence-corrected chi connectivity index (χ2v) is 7.10. The predicted octanol–water partition coefficient (Wildman–Crippen LogP) is 2.06. The molecule has 1 fully saturated rings. The van der Waals surface area contributed by atoms with Crippen LogP contribution in [0, 0.1) is 26.0 Å². The zero-order valence-electron chi connectivity index (χ0n) is 17.4. The number of nitro groups is 2. The van der Waals surface area contributed by atoms with E-state index in [0.717, 1.165) is 25.2 Å². The van der Waals surface area contributed by atoms with Crippen LogP contribution in [-0.2, 0) is 18.0 Å². The molecule has 12 heteroatoms. The number of aliphatic hydroxyl groups is 2. The Morgan fingerprint density at radius 1 is 1.09 bits per heavy atom. The van der Waals surface area contributed by atoms with E-state index in [1.54, 1.807) is 12.1 Å². The molecule has 0 aromatic heterocycles. The number of nitro benzene ring substituents is 2. The van der Waals surface area contributed by atoms with Crippen LogP contribution in [0.1, 0.15) is 11.1 Å². The predicted molar refractivity (Wildman–Crippen MR) is 114 cm³/mol. The van der Waals surface area contributed by atoms with Gasteiger partial charge in [0.2, 0.25) is 5.82 Å². The van der Waals surface area contributed by atoms with E-state index in [4.69, 9.17) is 14.9 Å². The van der Waals surface area contributed by atoms with Gasteiger partial charge in [-0.15, -0.1) is 0 Å². The number of nitrogens with zero attached hydrogens (tertiary/aromatic N) is 3. The molecule has 3 N–H and O–H groups in total. The van der Waals surface area contributed by atoms with Crippen LogP contribution in [0.5, 0.6) is 0 Å². The molecule has 1 saturated heterocycles. The van der Waals surface area contributed by atoms with Gasteiger partial charge in [-0.3, -0.25) is 20.2 Å². The summed E-state index contributed by atoms with van der Waals surface area (Å²) in [5.41, 5.74) is 0.658. The standard InChI is InChI=1S/C13H19N3O4.C7H6FNO3/c1-15-4-5-20-11(8-15)7-14-12-3-2-10(9-17)6-13(12)16(18)19;8-6-2-1-5(4-10)3-7(6)9(11)12/h2-3,6,11,14,17H,4-5,7-9H2,1H3;1-3,10H,4H2. The zero-order valence-corrected chi connectivity index (χ0v) is 17.4. The highest BCUT2D eigenvalue weighted by molar-refractivity contribution is 5.62. The van der Waals surface area contributed by atoms with Gasteiger partial charge in [-0.2, -0.15) is 4.39 Å². The fourth-order valence-electron chi connectivity index (χ4n) is 2.99. The summed E-state index contributed by atoms with van der Waals surface area (Å²) >= 11 is 0. The summed E-state index contributed by atoms with van der Waals surface area (Å²) in [7, 11) is 2.02. The third-order valence-electron chi connectivity index (χ3n) is 4.69. The van der Waals surface area contributed by atoms with E-state index in [1.807, 2.05) is 7.05 Å². The molecule has 2 aromatic rings. The van der Waals surface area contributed by atoms with Gasteiger partial charge in [-0.1, -0.05) is 12.1 Å². The SMILES string of the molecule is CN1CCOC(CNc2ccc(CO)cc2[N+](=O)[O-])C1.O=[N+]([O-])c1cc(CO)ccc1F. The Kier molecular flexibility index (Phi) is 9.40. The number of rotatable bonds is 7. The fourth-order valence-corrected chi connectivity index (χ4v) is 2.99. The number of ether oxygens (including phenoxy) is 1. The Bertz CT molecular complexity index is 944. The van der Waals surface area contributed by atoms with Gasteiger partial charge in [0.1, 0.15) is 5.69 Å². The van der Waals surface area contributed by atoms with E-state index >= 15 is 0 Å². The van der Waals surface area contributed by atoms with Crippen molar-refractivity contribution in [2.75, 3.05) is 38.6 Å². The summed E-state index contributed by atoms with van der Waals surface area (Å²) in [5, 5.41) is 41.9. The minimum Gasteiger partial charge on any atom is -0.392 e. The van der Waals surface area contributed by atoms with Crippen molar-refractivity contribution in [3.63, 3.8) is 0 Å². The molecule has 0 aliphatic carbocycles. The second-order valence-electron chi connectivity index (χ2n) is 7.10. The number of nitrogens with one attached hydrogen (secondary N) is 1. The van der Waals surface area contributed by atoms with E-state index in [0.29, 0.717) is 30.0 Å². The maximum atomic E-state index is 12.6. The molecule has 1 aliphatic heterocycles. The molecule has 32 heavy (non-hydrogen) atoms. The molecular weight excluding hydrogens is 427 g/mol. The molecule has 174 valence electrons. The Hall–Kier alpha value is -3.19. The lowest BCUT2D eigenvalue weighted by Crippen LogP contribution is -2.43. The van der Waals surface area contributed by atoms with Crippen molar-refractivity contribution in [1.29, 1.82) is 0 Å². The van der Waals surface area contributed by atoms with Crippen molar-refractivity contribution in [3.05, 3.63) is 73.6 Å². The third-order valence-corrected chi connectivity index (χ3v) is 4.69. The zero-order chi connectivity index (χ0) is 23.7. The quantitative estimate of drug-likeness (QED) is 0.423. The van der Waals surface area contributed by atoms with Crippen LogP contribution in [0.4, 0.5) is 21.5 Å². The first kappa shape index (κ1) is 25.1. The van der Waals surface area contributed by atoms with Gasteiger partial charge >= 0.3 is 5.69 Å². The van der Waals surface area contributed by atoms with E-state index in [-0.39, 0.29) is 25.0 Å². The van der Waals surface area contributed by atoms with Gasteiger partial charge in [0, 0.05) is 31.8 Å². The van der Waals surface area contributed by atoms with Gasteiger partial charge in [-0.25, -0.2) is 0 Å². The van der Waals surface area contributed by atoms with Crippen molar-refractivity contribution in [2.45, 2.75) is 19.3 Å². The lowest BCUT2D eigenvalue weighted by Gasteiger charge is -2.30. The van der Waals surface area contributed by atoms with Crippen LogP contribution in [0.2, 0.25) is 0 Å². The number of morpholine rings is 1. The van der Waals surface area contributed by atoms with Crippen LogP contribution < -0.4 is 5.32 Å². The fraction of sp³-hybridized carbons (Fsp3) is 0.400. The second kappa shape index (κ2) is 12.0. The van der Waals surface area contributed by atoms with E-state index in [9.17, 15) is 24.6 Å². The lowest BCUT2D eigenvalue weighted by molar-refractivity contribution is -0.387. The van der Waals surface area contributed by atoms with Crippen LogP contribution in [0.25, 0.3) is 0 Å². The molecule has 0 radical (unpaired) electrons. The molecular formula is C20H25FN4O7. The largest absolute Gasteiger partial charge is 0.392 e. The number of halogens is 1. The Labute approximate surface area is 183 Å². The molecule has 2 aromatic carbocycles. The van der Waals surface area contributed by atoms with Gasteiger partial charge in [-0.05, 0) is 30.3 Å². The van der Waals surface area contributed by atoms with Crippen molar-refractivity contribution in [3.8, 4) is 0 Å². The van der Waals surface area contributed by atoms with Crippen molar-refractivity contribution >= 4 is 17.1 Å². The smallest absolute Gasteiger partial charge is 0.305 e. The van der Waals surface area contributed by atoms with E-state index in [2.05, 4.69) is 10.2 Å². The maximum Gasteiger partial charge on any atom is 0.305 e. The minimum absolute atomic E-state index is 0.0193. The molecule has 1 aliphatic rings. The summed E-state index contributed by atoms with van der Waals surface area (Å²) in [6, 6.07) is 7.94. The molecule has 1 atom stereocenters. The normalized spacial score (nSPS) is 16.1. The molecule has 0 bridgehead atoms. The number of likely N-dealkylation sites (N-methyl/N-ethyl adjacent to an activating group) is 1. The van der Waals surface area contributed by atoms with Crippen molar-refractivity contribution in [1.82, 2.24) is 4.90 Å². The summed E-state index contributed by atoms with van der Waals surface area (Å²) in [6.45, 7) is 2.36. The topological polar surface area (TPSA) is 151 Å². The van der Waals surface area contributed by atoms with Gasteiger partial charge < -0.3 is 25.2 Å². The van der Waals surface area contributed by atoms with Crippen molar-refractivity contribution < 1.29 is 29.2 Å². The molecule has 0 saturated carbocycles. The molecule has 3 rings (SSSR count). The Morgan fingerprint density at radius 3 is 2.25 bits per heavy atom. The summed E-state index contributed by atoms with van der Waals surface area (Å²) in [4.78, 5) is 22.1. The average Bonchev–Trinajstić information content (AvgIpc) is 2.78. The maximum absolute atomic E-state index is 12.6. The molecule has 0 spiro atoms. The first-order valence-corrected chi connectivity index (χ1v) is 9.71. The molecule has 11 nitrogen and oxygen atoms in total. The minimum atomic E-state index is -0.891. The Balaban J connectivity index is 0.000000258. The highest BCUT2D eigenvalue weighted by Gasteiger charge is 2.20. The molecule has 0 amide bonds. The van der Waals surface area contributed by atoms with Gasteiger partial charge in [0.15, 0.2) is 0 Å². The third kappa shape index (κ3) is 7.20. The number of hydrogen-bond donors (Lipinski definition) is 3. The van der Waals surface area contributed by atoms with Crippen molar-refractivity contribution in [2.24, 2.45) is 0 Å². The van der Waals surface area contributed by atoms with Crippen LogP contribution in [-0.4, -0.2) is 64.4 Å². The monoisotopic (exact) mass is 452 g/mol.